The van der Waals surface area contributed by atoms with E-state index in [2.05, 4.69) is 9.97 Å². The molecule has 0 unspecified atom stereocenters. The second-order valence-corrected chi connectivity index (χ2v) is 3.01. The maximum absolute atomic E-state index is 4.97. The van der Waals surface area contributed by atoms with Crippen molar-refractivity contribution in [2.75, 3.05) is 7.11 Å². The highest BCUT2D eigenvalue weighted by atomic mass is 16.5. The molecular weight excluding hydrogens is 178 g/mol. The average Bonchev–Trinajstić information content (AvgIpc) is 2.65. The van der Waals surface area contributed by atoms with Gasteiger partial charge >= 0.3 is 0 Å². The summed E-state index contributed by atoms with van der Waals surface area (Å²) in [4.78, 5) is 8.33. The molecule has 2 rings (SSSR count). The SMILES string of the molecule is COc1ccc(-c2cn(C)cn2)cn1. The van der Waals surface area contributed by atoms with Crippen molar-refractivity contribution >= 4 is 0 Å². The Kier molecular flexibility index (Phi) is 2.18. The van der Waals surface area contributed by atoms with E-state index in [1.165, 1.54) is 0 Å². The number of rotatable bonds is 2. The number of ether oxygens (including phenoxy) is 1. The Morgan fingerprint density at radius 3 is 2.64 bits per heavy atom. The standard InChI is InChI=1S/C10H11N3O/c1-13-6-9(12-7-13)8-3-4-10(14-2)11-5-8/h3-7H,1-2H3. The van der Waals surface area contributed by atoms with E-state index in [9.17, 15) is 0 Å². The molecule has 0 saturated carbocycles. The van der Waals surface area contributed by atoms with Gasteiger partial charge < -0.3 is 9.30 Å². The van der Waals surface area contributed by atoms with Crippen LogP contribution in [0.25, 0.3) is 11.3 Å². The number of imidazole rings is 1. The number of aromatic nitrogens is 3. The Morgan fingerprint density at radius 2 is 2.14 bits per heavy atom. The molecule has 72 valence electrons. The summed E-state index contributed by atoms with van der Waals surface area (Å²) in [6, 6.07) is 3.76. The monoisotopic (exact) mass is 189 g/mol. The first-order valence-electron chi connectivity index (χ1n) is 4.28. The number of nitrogens with zero attached hydrogens (tertiary/aromatic N) is 3. The molecule has 0 aliphatic rings. The molecule has 0 aliphatic heterocycles. The average molecular weight is 189 g/mol. The molecule has 0 spiro atoms. The Labute approximate surface area is 82.2 Å². The van der Waals surface area contributed by atoms with Crippen LogP contribution in [-0.4, -0.2) is 21.6 Å². The zero-order valence-corrected chi connectivity index (χ0v) is 8.14. The van der Waals surface area contributed by atoms with E-state index in [0.29, 0.717) is 5.88 Å². The van der Waals surface area contributed by atoms with Crippen LogP contribution in [0.3, 0.4) is 0 Å². The molecular formula is C10H11N3O. The topological polar surface area (TPSA) is 39.9 Å². The maximum Gasteiger partial charge on any atom is 0.212 e. The Bertz CT molecular complexity index is 419. The predicted molar refractivity (Wildman–Crippen MR) is 53.0 cm³/mol. The normalized spacial score (nSPS) is 10.1. The lowest BCUT2D eigenvalue weighted by Crippen LogP contribution is -1.87. The van der Waals surface area contributed by atoms with Crippen molar-refractivity contribution in [3.05, 3.63) is 30.9 Å². The summed E-state index contributed by atoms with van der Waals surface area (Å²) in [5.74, 6) is 0.615. The minimum absolute atomic E-state index is 0.615. The van der Waals surface area contributed by atoms with E-state index in [0.717, 1.165) is 11.3 Å². The van der Waals surface area contributed by atoms with Gasteiger partial charge in [-0.2, -0.15) is 0 Å². The first kappa shape index (κ1) is 8.74. The lowest BCUT2D eigenvalue weighted by molar-refractivity contribution is 0.398. The van der Waals surface area contributed by atoms with Crippen LogP contribution in [0.4, 0.5) is 0 Å². The summed E-state index contributed by atoms with van der Waals surface area (Å²) in [5.41, 5.74) is 1.91. The molecule has 0 aliphatic carbocycles. The van der Waals surface area contributed by atoms with Gasteiger partial charge in [-0.1, -0.05) is 0 Å². The highest BCUT2D eigenvalue weighted by Gasteiger charge is 2.01. The van der Waals surface area contributed by atoms with Gasteiger partial charge in [-0.05, 0) is 6.07 Å². The third-order valence-electron chi connectivity index (χ3n) is 1.95. The van der Waals surface area contributed by atoms with Crippen molar-refractivity contribution < 1.29 is 4.74 Å². The van der Waals surface area contributed by atoms with E-state index < -0.39 is 0 Å². The smallest absolute Gasteiger partial charge is 0.212 e. The molecule has 0 atom stereocenters. The second kappa shape index (κ2) is 3.49. The molecule has 0 radical (unpaired) electrons. The molecule has 0 N–H and O–H groups in total. The maximum atomic E-state index is 4.97. The minimum Gasteiger partial charge on any atom is -0.481 e. The lowest BCUT2D eigenvalue weighted by Gasteiger charge is -1.98. The lowest BCUT2D eigenvalue weighted by atomic mass is 10.2. The van der Waals surface area contributed by atoms with Gasteiger partial charge in [0.2, 0.25) is 5.88 Å². The number of aryl methyl sites for hydroxylation is 1. The van der Waals surface area contributed by atoms with Gasteiger partial charge in [-0.3, -0.25) is 0 Å². The molecule has 0 fully saturated rings. The number of hydrogen-bond acceptors (Lipinski definition) is 3. The summed E-state index contributed by atoms with van der Waals surface area (Å²) in [6.45, 7) is 0. The molecule has 2 aromatic heterocycles. The predicted octanol–water partition coefficient (Wildman–Crippen LogP) is 1.49. The summed E-state index contributed by atoms with van der Waals surface area (Å²) >= 11 is 0. The summed E-state index contributed by atoms with van der Waals surface area (Å²) in [5, 5.41) is 0. The summed E-state index contributed by atoms with van der Waals surface area (Å²) < 4.78 is 6.88. The molecule has 0 saturated heterocycles. The zero-order valence-electron chi connectivity index (χ0n) is 8.14. The summed E-state index contributed by atoms with van der Waals surface area (Å²) in [6.07, 6.45) is 5.46. The van der Waals surface area contributed by atoms with Crippen LogP contribution in [0.15, 0.2) is 30.9 Å². The van der Waals surface area contributed by atoms with E-state index in [-0.39, 0.29) is 0 Å². The van der Waals surface area contributed by atoms with E-state index in [1.54, 1.807) is 19.6 Å². The van der Waals surface area contributed by atoms with Crippen molar-refractivity contribution in [3.63, 3.8) is 0 Å². The number of hydrogen-bond donors (Lipinski definition) is 0. The molecule has 2 aromatic rings. The molecule has 4 nitrogen and oxygen atoms in total. The fourth-order valence-corrected chi connectivity index (χ4v) is 1.21. The molecule has 4 heteroatoms. The Balaban J connectivity index is 2.33. The molecule has 0 aromatic carbocycles. The molecule has 2 heterocycles. The Hall–Kier alpha value is -1.84. The first-order valence-corrected chi connectivity index (χ1v) is 4.28. The highest BCUT2D eigenvalue weighted by Crippen LogP contribution is 2.17. The van der Waals surface area contributed by atoms with Gasteiger partial charge in [0.1, 0.15) is 0 Å². The molecule has 0 bridgehead atoms. The number of pyridine rings is 1. The van der Waals surface area contributed by atoms with E-state index in [4.69, 9.17) is 4.74 Å². The third kappa shape index (κ3) is 1.59. The van der Waals surface area contributed by atoms with Crippen molar-refractivity contribution in [3.8, 4) is 17.1 Å². The van der Waals surface area contributed by atoms with Gasteiger partial charge in [0.15, 0.2) is 0 Å². The van der Waals surface area contributed by atoms with Crippen molar-refractivity contribution in [1.29, 1.82) is 0 Å². The Morgan fingerprint density at radius 1 is 1.29 bits per heavy atom. The van der Waals surface area contributed by atoms with Gasteiger partial charge in [-0.25, -0.2) is 9.97 Å². The quantitative estimate of drug-likeness (QED) is 0.718. The van der Waals surface area contributed by atoms with Crippen LogP contribution in [0.5, 0.6) is 5.88 Å². The number of methoxy groups -OCH3 is 1. The van der Waals surface area contributed by atoms with Gasteiger partial charge in [0, 0.05) is 31.1 Å². The van der Waals surface area contributed by atoms with Crippen molar-refractivity contribution in [2.24, 2.45) is 7.05 Å². The van der Waals surface area contributed by atoms with Crippen LogP contribution >= 0.6 is 0 Å². The van der Waals surface area contributed by atoms with Crippen molar-refractivity contribution in [2.45, 2.75) is 0 Å². The largest absolute Gasteiger partial charge is 0.481 e. The second-order valence-electron chi connectivity index (χ2n) is 3.01. The molecule has 14 heavy (non-hydrogen) atoms. The fraction of sp³-hybridized carbons (Fsp3) is 0.200. The minimum atomic E-state index is 0.615. The van der Waals surface area contributed by atoms with Gasteiger partial charge in [0.25, 0.3) is 0 Å². The van der Waals surface area contributed by atoms with Gasteiger partial charge in [0.05, 0.1) is 19.1 Å². The van der Waals surface area contributed by atoms with Crippen LogP contribution in [0.1, 0.15) is 0 Å². The van der Waals surface area contributed by atoms with E-state index >= 15 is 0 Å². The van der Waals surface area contributed by atoms with Crippen LogP contribution < -0.4 is 4.74 Å². The van der Waals surface area contributed by atoms with Crippen LogP contribution in [-0.2, 0) is 7.05 Å². The third-order valence-corrected chi connectivity index (χ3v) is 1.95. The molecule has 0 amide bonds. The van der Waals surface area contributed by atoms with Crippen LogP contribution in [0, 0.1) is 0 Å². The zero-order chi connectivity index (χ0) is 9.97. The first-order chi connectivity index (χ1) is 6.79. The summed E-state index contributed by atoms with van der Waals surface area (Å²) in [7, 11) is 3.54. The highest BCUT2D eigenvalue weighted by molar-refractivity contribution is 5.57. The van der Waals surface area contributed by atoms with Gasteiger partial charge in [-0.15, -0.1) is 0 Å². The fourth-order valence-electron chi connectivity index (χ4n) is 1.21. The van der Waals surface area contributed by atoms with Crippen LogP contribution in [0.2, 0.25) is 0 Å². The van der Waals surface area contributed by atoms with Crippen molar-refractivity contribution in [1.82, 2.24) is 14.5 Å². The van der Waals surface area contributed by atoms with E-state index in [1.807, 2.05) is 29.9 Å².